The lowest BCUT2D eigenvalue weighted by molar-refractivity contribution is -0.161. The van der Waals surface area contributed by atoms with Gasteiger partial charge in [-0.1, -0.05) is 343 Å². The van der Waals surface area contributed by atoms with Crippen molar-refractivity contribution in [2.75, 3.05) is 26.4 Å². The zero-order chi connectivity index (χ0) is 63.0. The topological polar surface area (TPSA) is 134 Å². The summed E-state index contributed by atoms with van der Waals surface area (Å²) in [6.45, 7) is 3.66. The molecule has 0 spiro atoms. The average Bonchev–Trinajstić information content (AvgIpc) is 3.62. The molecule has 0 bridgehead atoms. The summed E-state index contributed by atoms with van der Waals surface area (Å²) in [7, 11) is -4.40. The molecule has 0 aromatic carbocycles. The molecule has 9 nitrogen and oxygen atoms in total. The smallest absolute Gasteiger partial charge is 0.462 e. The maximum Gasteiger partial charge on any atom is 0.472 e. The van der Waals surface area contributed by atoms with Gasteiger partial charge in [-0.05, 0) is 89.9 Å². The predicted octanol–water partition coefficient (Wildman–Crippen LogP) is 24.5. The average molecular weight is 1240 g/mol. The molecule has 0 aromatic heterocycles. The van der Waals surface area contributed by atoms with Crippen LogP contribution in [-0.4, -0.2) is 49.3 Å². The molecular weight excluding hydrogens is 1100 g/mol. The van der Waals surface area contributed by atoms with Gasteiger partial charge in [0.25, 0.3) is 0 Å². The maximum atomic E-state index is 12.8. The number of rotatable bonds is 70. The van der Waals surface area contributed by atoms with Crippen LogP contribution in [0, 0.1) is 0 Å². The molecule has 0 aromatic rings. The summed E-state index contributed by atoms with van der Waals surface area (Å²) in [6.07, 6.45) is 97.1. The van der Waals surface area contributed by atoms with E-state index in [2.05, 4.69) is 98.9 Å². The van der Waals surface area contributed by atoms with Crippen LogP contribution in [0.1, 0.15) is 361 Å². The monoisotopic (exact) mass is 1240 g/mol. The highest BCUT2D eigenvalue weighted by Crippen LogP contribution is 2.43. The van der Waals surface area contributed by atoms with Crippen LogP contribution >= 0.6 is 7.82 Å². The Labute approximate surface area is 538 Å². The minimum Gasteiger partial charge on any atom is -0.462 e. The third-order valence-electron chi connectivity index (χ3n) is 16.3. The molecule has 10 heteroatoms. The molecule has 0 radical (unpaired) electrons. The van der Waals surface area contributed by atoms with Crippen LogP contribution in [-0.2, 0) is 32.7 Å². The second kappa shape index (κ2) is 72.3. The largest absolute Gasteiger partial charge is 0.472 e. The van der Waals surface area contributed by atoms with Crippen molar-refractivity contribution < 1.29 is 37.6 Å². The van der Waals surface area contributed by atoms with E-state index in [0.29, 0.717) is 6.42 Å². The number of phosphoric ester groups is 1. The molecule has 506 valence electrons. The fourth-order valence-electron chi connectivity index (χ4n) is 10.8. The van der Waals surface area contributed by atoms with E-state index in [-0.39, 0.29) is 38.6 Å². The van der Waals surface area contributed by atoms with Gasteiger partial charge in [0.1, 0.15) is 6.61 Å². The zero-order valence-corrected chi connectivity index (χ0v) is 57.9. The first kappa shape index (κ1) is 84.2. The first-order valence-electron chi connectivity index (χ1n) is 37.1. The minimum absolute atomic E-state index is 0.0498. The van der Waals surface area contributed by atoms with Gasteiger partial charge >= 0.3 is 19.8 Å². The van der Waals surface area contributed by atoms with Crippen LogP contribution < -0.4 is 5.73 Å². The van der Waals surface area contributed by atoms with Gasteiger partial charge in [-0.2, -0.15) is 0 Å². The van der Waals surface area contributed by atoms with Gasteiger partial charge in [0.15, 0.2) is 6.10 Å². The summed E-state index contributed by atoms with van der Waals surface area (Å²) in [4.78, 5) is 35.4. The number of nitrogens with two attached hydrogens (primary N) is 1. The van der Waals surface area contributed by atoms with Crippen LogP contribution in [0.5, 0.6) is 0 Å². The van der Waals surface area contributed by atoms with Gasteiger partial charge in [0.05, 0.1) is 13.2 Å². The van der Waals surface area contributed by atoms with Crippen LogP contribution in [0.3, 0.4) is 0 Å². The molecule has 2 atom stereocenters. The highest BCUT2D eigenvalue weighted by Gasteiger charge is 2.26. The summed E-state index contributed by atoms with van der Waals surface area (Å²) in [5.41, 5.74) is 5.40. The Bertz CT molecular complexity index is 1700. The maximum absolute atomic E-state index is 12.8. The van der Waals surface area contributed by atoms with Gasteiger partial charge in [-0.3, -0.25) is 18.6 Å². The van der Waals surface area contributed by atoms with Gasteiger partial charge in [0.2, 0.25) is 0 Å². The predicted molar refractivity (Wildman–Crippen MR) is 376 cm³/mol. The summed E-state index contributed by atoms with van der Waals surface area (Å²) in [5, 5.41) is 0. The van der Waals surface area contributed by atoms with Gasteiger partial charge < -0.3 is 20.1 Å². The number of phosphoric acid groups is 1. The Kier molecular flexibility index (Phi) is 69.9. The molecule has 0 aliphatic rings. The molecule has 0 fully saturated rings. The highest BCUT2D eigenvalue weighted by atomic mass is 31.2. The number of allylic oxidation sites excluding steroid dienone is 14. The van der Waals surface area contributed by atoms with E-state index in [1.807, 2.05) is 0 Å². The molecular formula is C77H140NO8P. The van der Waals surface area contributed by atoms with E-state index in [9.17, 15) is 19.0 Å². The molecule has 3 N–H and O–H groups in total. The van der Waals surface area contributed by atoms with Crippen molar-refractivity contribution in [1.29, 1.82) is 0 Å². The number of carbonyl (C=O) groups is 2. The molecule has 0 saturated heterocycles. The summed E-state index contributed by atoms with van der Waals surface area (Å²) < 4.78 is 33.2. The second-order valence-corrected chi connectivity index (χ2v) is 26.2. The quantitative estimate of drug-likeness (QED) is 0.0264. The fourth-order valence-corrected chi connectivity index (χ4v) is 11.6. The van der Waals surface area contributed by atoms with E-state index < -0.39 is 26.5 Å². The molecule has 2 unspecified atom stereocenters. The summed E-state index contributed by atoms with van der Waals surface area (Å²) >= 11 is 0. The lowest BCUT2D eigenvalue weighted by Gasteiger charge is -2.19. The first-order chi connectivity index (χ1) is 42.8. The van der Waals surface area contributed by atoms with Crippen molar-refractivity contribution in [3.05, 3.63) is 85.1 Å². The van der Waals surface area contributed by atoms with Crippen molar-refractivity contribution in [2.24, 2.45) is 5.73 Å². The summed E-state index contributed by atoms with van der Waals surface area (Å²) in [5.74, 6) is -0.826. The van der Waals surface area contributed by atoms with E-state index >= 15 is 0 Å². The Morgan fingerprint density at radius 1 is 0.356 bits per heavy atom. The molecule has 0 rings (SSSR count). The highest BCUT2D eigenvalue weighted by molar-refractivity contribution is 7.47. The van der Waals surface area contributed by atoms with Crippen molar-refractivity contribution >= 4 is 19.8 Å². The second-order valence-electron chi connectivity index (χ2n) is 24.8. The Hall–Kier alpha value is -2.81. The number of hydrogen-bond acceptors (Lipinski definition) is 8. The van der Waals surface area contributed by atoms with E-state index in [1.165, 1.54) is 244 Å². The molecule has 0 amide bonds. The van der Waals surface area contributed by atoms with Crippen LogP contribution in [0.15, 0.2) is 85.1 Å². The van der Waals surface area contributed by atoms with E-state index in [0.717, 1.165) is 83.5 Å². The van der Waals surface area contributed by atoms with Crippen molar-refractivity contribution in [2.45, 2.75) is 367 Å². The molecule has 0 heterocycles. The van der Waals surface area contributed by atoms with Gasteiger partial charge in [0, 0.05) is 19.4 Å². The molecule has 0 aliphatic heterocycles. The molecule has 0 saturated carbocycles. The number of esters is 2. The lowest BCUT2D eigenvalue weighted by atomic mass is 10.0. The van der Waals surface area contributed by atoms with Crippen molar-refractivity contribution in [3.63, 3.8) is 0 Å². The van der Waals surface area contributed by atoms with Crippen LogP contribution in [0.2, 0.25) is 0 Å². The SMILES string of the molecule is CC/C=C\C/C=C\C/C=C\C/C=C\C/C=C\C/C=C\CCCCCCCCCCC(=O)OC(COC(=O)CCCCCCCCCCCCCCCCCCCCCCCCCCCCC/C=C\CCCCCCCCCC)COP(=O)(O)OCCN. The minimum atomic E-state index is -4.40. The summed E-state index contributed by atoms with van der Waals surface area (Å²) in [6, 6.07) is 0. The third kappa shape index (κ3) is 72.1. The number of carbonyl (C=O) groups excluding carboxylic acids is 2. The normalized spacial score (nSPS) is 13.4. The zero-order valence-electron chi connectivity index (χ0n) is 57.0. The number of ether oxygens (including phenoxy) is 2. The Morgan fingerprint density at radius 3 is 0.954 bits per heavy atom. The van der Waals surface area contributed by atoms with E-state index in [4.69, 9.17) is 24.3 Å². The molecule has 87 heavy (non-hydrogen) atoms. The Morgan fingerprint density at radius 2 is 0.632 bits per heavy atom. The first-order valence-corrected chi connectivity index (χ1v) is 38.6. The number of unbranched alkanes of at least 4 members (excludes halogenated alkanes) is 43. The van der Waals surface area contributed by atoms with Crippen LogP contribution in [0.4, 0.5) is 0 Å². The van der Waals surface area contributed by atoms with Crippen molar-refractivity contribution in [1.82, 2.24) is 0 Å². The van der Waals surface area contributed by atoms with Crippen molar-refractivity contribution in [3.8, 4) is 0 Å². The van der Waals surface area contributed by atoms with Gasteiger partial charge in [-0.15, -0.1) is 0 Å². The molecule has 0 aliphatic carbocycles. The van der Waals surface area contributed by atoms with Gasteiger partial charge in [-0.25, -0.2) is 4.57 Å². The fraction of sp³-hybridized carbons (Fsp3) is 0.792. The number of hydrogen-bond donors (Lipinski definition) is 2. The van der Waals surface area contributed by atoms with E-state index in [1.54, 1.807) is 0 Å². The Balaban J connectivity index is 3.81. The standard InChI is InChI=1S/C77H140NO8P/c1-3-5-7-9-11-13-15-17-19-21-23-25-27-29-31-32-33-34-35-36-37-38-39-40-41-42-44-45-47-49-51-53-55-57-59-61-63-65-67-69-76(79)83-73-75(74-85-87(81,82)84-72-71-78)86-77(80)70-68-66-64-62-60-58-56-54-52-50-48-46-43-30-28-26-24-22-20-18-16-14-12-10-8-6-4-2/h6,8,12,14,18,20-21,23-24,26,30,43,48,50,75H,3-5,7,9-11,13,15-17,19,22,25,27-29,31-42,44-47,49,51-74,78H2,1-2H3,(H,81,82)/b8-6-,14-12-,20-18-,23-21-,26-24-,43-30-,50-48-. The third-order valence-corrected chi connectivity index (χ3v) is 17.2. The lowest BCUT2D eigenvalue weighted by Crippen LogP contribution is -2.29. The van der Waals surface area contributed by atoms with Crippen LogP contribution in [0.25, 0.3) is 0 Å².